The van der Waals surface area contributed by atoms with Gasteiger partial charge in [0, 0.05) is 17.7 Å². The van der Waals surface area contributed by atoms with E-state index in [2.05, 4.69) is 15.7 Å². The zero-order chi connectivity index (χ0) is 18.1. The van der Waals surface area contributed by atoms with E-state index in [1.165, 1.54) is 4.68 Å². The number of hydrogen-bond acceptors (Lipinski definition) is 4. The lowest BCUT2D eigenvalue weighted by Crippen LogP contribution is -2.37. The average molecular weight is 347 g/mol. The maximum absolute atomic E-state index is 12.9. The van der Waals surface area contributed by atoms with Gasteiger partial charge < -0.3 is 11.1 Å². The molecule has 0 saturated carbocycles. The molecule has 130 valence electrons. The molecule has 1 aliphatic rings. The van der Waals surface area contributed by atoms with E-state index in [9.17, 15) is 9.59 Å². The molecule has 1 aliphatic heterocycles. The third-order valence-corrected chi connectivity index (χ3v) is 4.30. The van der Waals surface area contributed by atoms with Crippen LogP contribution in [0.15, 0.2) is 60.7 Å². The fourth-order valence-corrected chi connectivity index (χ4v) is 3.12. The summed E-state index contributed by atoms with van der Waals surface area (Å²) >= 11 is 0. The summed E-state index contributed by atoms with van der Waals surface area (Å²) in [5.74, 6) is -1.10. The van der Waals surface area contributed by atoms with Gasteiger partial charge in [-0.1, -0.05) is 48.5 Å². The molecule has 0 fully saturated rings. The SMILES string of the molecule is Nc1nc(-c2ccccc2)c2n1NC(=O)C[C@H]2C(=O)Nc1ccccc1. The van der Waals surface area contributed by atoms with E-state index in [0.717, 1.165) is 5.56 Å². The number of nitrogen functional groups attached to an aromatic ring is 1. The summed E-state index contributed by atoms with van der Waals surface area (Å²) in [5.41, 5.74) is 11.3. The maximum atomic E-state index is 12.9. The Morgan fingerprint density at radius 3 is 2.46 bits per heavy atom. The number of amides is 2. The summed E-state index contributed by atoms with van der Waals surface area (Å²) in [6, 6.07) is 18.6. The van der Waals surface area contributed by atoms with Crippen LogP contribution < -0.4 is 16.5 Å². The number of nitrogens with one attached hydrogen (secondary N) is 2. The van der Waals surface area contributed by atoms with Gasteiger partial charge in [-0.2, -0.15) is 0 Å². The fourth-order valence-electron chi connectivity index (χ4n) is 3.12. The quantitative estimate of drug-likeness (QED) is 0.677. The smallest absolute Gasteiger partial charge is 0.240 e. The maximum Gasteiger partial charge on any atom is 0.240 e. The van der Waals surface area contributed by atoms with Gasteiger partial charge in [0.1, 0.15) is 0 Å². The molecule has 7 heteroatoms. The van der Waals surface area contributed by atoms with Crippen LogP contribution >= 0.6 is 0 Å². The van der Waals surface area contributed by atoms with Gasteiger partial charge in [0.2, 0.25) is 17.8 Å². The summed E-state index contributed by atoms with van der Waals surface area (Å²) < 4.78 is 1.41. The second kappa shape index (κ2) is 6.36. The van der Waals surface area contributed by atoms with Crippen molar-refractivity contribution in [3.8, 4) is 11.3 Å². The molecule has 3 aromatic rings. The average Bonchev–Trinajstić information content (AvgIpc) is 2.99. The second-order valence-electron chi connectivity index (χ2n) is 6.05. The molecule has 4 N–H and O–H groups in total. The Morgan fingerprint density at radius 1 is 1.12 bits per heavy atom. The third kappa shape index (κ3) is 2.79. The van der Waals surface area contributed by atoms with Crippen molar-refractivity contribution in [2.75, 3.05) is 16.5 Å². The van der Waals surface area contributed by atoms with Gasteiger partial charge in [0.05, 0.1) is 17.3 Å². The van der Waals surface area contributed by atoms with Crippen molar-refractivity contribution in [2.24, 2.45) is 0 Å². The Balaban J connectivity index is 1.77. The van der Waals surface area contributed by atoms with Gasteiger partial charge in [-0.25, -0.2) is 9.66 Å². The minimum absolute atomic E-state index is 0.0314. The molecule has 0 unspecified atom stereocenters. The molecule has 0 aliphatic carbocycles. The first-order valence-corrected chi connectivity index (χ1v) is 8.23. The highest BCUT2D eigenvalue weighted by molar-refractivity contribution is 6.02. The molecular formula is C19H17N5O2. The van der Waals surface area contributed by atoms with Gasteiger partial charge in [-0.15, -0.1) is 0 Å². The molecule has 0 radical (unpaired) electrons. The van der Waals surface area contributed by atoms with Gasteiger partial charge in [0.25, 0.3) is 0 Å². The lowest BCUT2D eigenvalue weighted by Gasteiger charge is -2.25. The van der Waals surface area contributed by atoms with Crippen LogP contribution in [0, 0.1) is 0 Å². The van der Waals surface area contributed by atoms with E-state index in [4.69, 9.17) is 5.73 Å². The van der Waals surface area contributed by atoms with Crippen LogP contribution in [0.1, 0.15) is 18.0 Å². The van der Waals surface area contributed by atoms with Crippen LogP contribution in [0.2, 0.25) is 0 Å². The molecule has 0 spiro atoms. The van der Waals surface area contributed by atoms with Gasteiger partial charge in [-0.05, 0) is 12.1 Å². The highest BCUT2D eigenvalue weighted by Crippen LogP contribution is 2.35. The monoisotopic (exact) mass is 347 g/mol. The number of para-hydroxylation sites is 1. The van der Waals surface area contributed by atoms with E-state index in [1.807, 2.05) is 48.5 Å². The molecule has 7 nitrogen and oxygen atoms in total. The summed E-state index contributed by atoms with van der Waals surface area (Å²) in [6.07, 6.45) is 0.0314. The van der Waals surface area contributed by atoms with Crippen LogP contribution in [-0.2, 0) is 9.59 Å². The standard InChI is InChI=1S/C19H17N5O2/c20-19-22-16(12-7-3-1-4-8-12)17-14(11-15(25)23-24(17)19)18(26)21-13-9-5-2-6-10-13/h1-10,14H,11H2,(H2,20,22)(H,21,26)(H,23,25)/t14-/m1/s1. The number of nitrogens with zero attached hydrogens (tertiary/aromatic N) is 2. The van der Waals surface area contributed by atoms with Crippen LogP contribution in [0.25, 0.3) is 11.3 Å². The minimum Gasteiger partial charge on any atom is -0.368 e. The van der Waals surface area contributed by atoms with Gasteiger partial charge in [-0.3, -0.25) is 15.0 Å². The number of benzene rings is 2. The lowest BCUT2D eigenvalue weighted by atomic mass is 9.94. The molecule has 4 rings (SSSR count). The number of carbonyl (C=O) groups is 2. The molecule has 26 heavy (non-hydrogen) atoms. The van der Waals surface area contributed by atoms with Crippen molar-refractivity contribution in [3.05, 3.63) is 66.4 Å². The Kier molecular flexibility index (Phi) is 3.89. The third-order valence-electron chi connectivity index (χ3n) is 4.30. The van der Waals surface area contributed by atoms with E-state index in [-0.39, 0.29) is 24.2 Å². The Hall–Kier alpha value is -3.61. The van der Waals surface area contributed by atoms with Crippen molar-refractivity contribution in [2.45, 2.75) is 12.3 Å². The zero-order valence-electron chi connectivity index (χ0n) is 13.8. The van der Waals surface area contributed by atoms with Crippen molar-refractivity contribution in [1.29, 1.82) is 0 Å². The number of rotatable bonds is 3. The number of aromatic nitrogens is 2. The first-order valence-electron chi connectivity index (χ1n) is 8.23. The topological polar surface area (TPSA) is 102 Å². The van der Waals surface area contributed by atoms with Crippen LogP contribution in [-0.4, -0.2) is 21.5 Å². The second-order valence-corrected chi connectivity index (χ2v) is 6.05. The number of anilines is 2. The minimum atomic E-state index is -0.691. The number of imidazole rings is 1. The molecule has 2 aromatic carbocycles. The number of carbonyl (C=O) groups excluding carboxylic acids is 2. The van der Waals surface area contributed by atoms with Crippen molar-refractivity contribution in [1.82, 2.24) is 9.66 Å². The first kappa shape index (κ1) is 15.9. The first-order chi connectivity index (χ1) is 12.6. The van der Waals surface area contributed by atoms with E-state index < -0.39 is 5.92 Å². The zero-order valence-corrected chi connectivity index (χ0v) is 13.8. The van der Waals surface area contributed by atoms with Crippen molar-refractivity contribution < 1.29 is 9.59 Å². The van der Waals surface area contributed by atoms with Crippen molar-refractivity contribution in [3.63, 3.8) is 0 Å². The molecule has 0 saturated heterocycles. The van der Waals surface area contributed by atoms with Crippen LogP contribution in [0.5, 0.6) is 0 Å². The Morgan fingerprint density at radius 2 is 1.77 bits per heavy atom. The molecule has 1 aromatic heterocycles. The predicted molar refractivity (Wildman–Crippen MR) is 98.9 cm³/mol. The summed E-state index contributed by atoms with van der Waals surface area (Å²) in [5, 5.41) is 2.86. The lowest BCUT2D eigenvalue weighted by molar-refractivity contribution is -0.124. The molecule has 0 bridgehead atoms. The fraction of sp³-hybridized carbons (Fsp3) is 0.105. The Labute approximate surface area is 149 Å². The molecular weight excluding hydrogens is 330 g/mol. The highest BCUT2D eigenvalue weighted by atomic mass is 16.2. The number of hydrogen-bond donors (Lipinski definition) is 3. The summed E-state index contributed by atoms with van der Waals surface area (Å²) in [4.78, 5) is 29.4. The van der Waals surface area contributed by atoms with Crippen LogP contribution in [0.4, 0.5) is 11.6 Å². The molecule has 2 heterocycles. The number of fused-ring (bicyclic) bond motifs is 1. The van der Waals surface area contributed by atoms with E-state index in [0.29, 0.717) is 17.1 Å². The molecule has 2 amide bonds. The predicted octanol–water partition coefficient (Wildman–Crippen LogP) is 2.33. The van der Waals surface area contributed by atoms with Crippen molar-refractivity contribution >= 4 is 23.5 Å². The van der Waals surface area contributed by atoms with E-state index >= 15 is 0 Å². The largest absolute Gasteiger partial charge is 0.368 e. The summed E-state index contributed by atoms with van der Waals surface area (Å²) in [7, 11) is 0. The summed E-state index contributed by atoms with van der Waals surface area (Å²) in [6.45, 7) is 0. The van der Waals surface area contributed by atoms with Gasteiger partial charge >= 0.3 is 0 Å². The molecule has 1 atom stereocenters. The highest BCUT2D eigenvalue weighted by Gasteiger charge is 2.36. The van der Waals surface area contributed by atoms with Gasteiger partial charge in [0.15, 0.2) is 0 Å². The number of nitrogens with two attached hydrogens (primary N) is 1. The Bertz CT molecular complexity index is 966. The normalized spacial score (nSPS) is 15.8. The van der Waals surface area contributed by atoms with Crippen LogP contribution in [0.3, 0.4) is 0 Å². The van der Waals surface area contributed by atoms with E-state index in [1.54, 1.807) is 12.1 Å².